The fourth-order valence-corrected chi connectivity index (χ4v) is 9.21. The zero-order chi connectivity index (χ0) is 48.6. The Morgan fingerprint density at radius 1 is 0.284 bits per heavy atom. The highest BCUT2D eigenvalue weighted by Crippen LogP contribution is 2.18. The first-order valence-corrected chi connectivity index (χ1v) is 30.2. The SMILES string of the molecule is CCCCCC/C=C\CCCCCCCCCC(=O)OC[C@H](COC(=O)CCCCCCCCCCCCCCC)OC(=O)CCCCCCCCCCCCCCCCCCCCCCC. The molecule has 0 rings (SSSR count). The smallest absolute Gasteiger partial charge is 0.306 e. The summed E-state index contributed by atoms with van der Waals surface area (Å²) in [6, 6.07) is 0. The van der Waals surface area contributed by atoms with Crippen molar-refractivity contribution < 1.29 is 28.6 Å². The maximum Gasteiger partial charge on any atom is 0.306 e. The van der Waals surface area contributed by atoms with E-state index in [4.69, 9.17) is 14.2 Å². The molecule has 0 aliphatic rings. The minimum absolute atomic E-state index is 0.0651. The van der Waals surface area contributed by atoms with Crippen molar-refractivity contribution >= 4 is 17.9 Å². The predicted molar refractivity (Wildman–Crippen MR) is 289 cm³/mol. The van der Waals surface area contributed by atoms with Crippen molar-refractivity contribution in [1.29, 1.82) is 0 Å². The molecule has 0 saturated heterocycles. The molecule has 0 aliphatic heterocycles. The van der Waals surface area contributed by atoms with Gasteiger partial charge in [0.2, 0.25) is 0 Å². The average Bonchev–Trinajstić information content (AvgIpc) is 3.33. The molecule has 0 amide bonds. The van der Waals surface area contributed by atoms with Crippen LogP contribution in [0, 0.1) is 0 Å². The van der Waals surface area contributed by atoms with Crippen LogP contribution in [0.15, 0.2) is 12.2 Å². The fourth-order valence-electron chi connectivity index (χ4n) is 9.21. The van der Waals surface area contributed by atoms with Crippen molar-refractivity contribution in [3.8, 4) is 0 Å². The molecule has 0 bridgehead atoms. The van der Waals surface area contributed by atoms with E-state index in [0.717, 1.165) is 57.8 Å². The summed E-state index contributed by atoms with van der Waals surface area (Å²) in [7, 11) is 0. The van der Waals surface area contributed by atoms with Gasteiger partial charge in [0, 0.05) is 19.3 Å². The van der Waals surface area contributed by atoms with Gasteiger partial charge in [0.05, 0.1) is 0 Å². The lowest BCUT2D eigenvalue weighted by Crippen LogP contribution is -2.30. The number of allylic oxidation sites excluding steroid dienone is 2. The van der Waals surface area contributed by atoms with E-state index in [2.05, 4.69) is 32.9 Å². The summed E-state index contributed by atoms with van der Waals surface area (Å²) in [5, 5.41) is 0. The van der Waals surface area contributed by atoms with Crippen LogP contribution in [0.2, 0.25) is 0 Å². The van der Waals surface area contributed by atoms with Crippen LogP contribution in [-0.2, 0) is 28.6 Å². The van der Waals surface area contributed by atoms with Crippen LogP contribution in [0.3, 0.4) is 0 Å². The molecule has 0 unspecified atom stereocenters. The maximum atomic E-state index is 12.9. The minimum atomic E-state index is -0.766. The highest BCUT2D eigenvalue weighted by Gasteiger charge is 2.19. The van der Waals surface area contributed by atoms with Gasteiger partial charge in [0.1, 0.15) is 13.2 Å². The third-order valence-corrected chi connectivity index (χ3v) is 13.8. The second kappa shape index (κ2) is 56.7. The zero-order valence-electron chi connectivity index (χ0n) is 45.5. The Bertz CT molecular complexity index is 1040. The molecule has 0 N–H and O–H groups in total. The monoisotopic (exact) mass is 945 g/mol. The van der Waals surface area contributed by atoms with Gasteiger partial charge in [-0.25, -0.2) is 0 Å². The third kappa shape index (κ3) is 55.0. The largest absolute Gasteiger partial charge is 0.462 e. The van der Waals surface area contributed by atoms with Gasteiger partial charge in [0.25, 0.3) is 0 Å². The Hall–Kier alpha value is -1.85. The van der Waals surface area contributed by atoms with Crippen LogP contribution in [0.25, 0.3) is 0 Å². The topological polar surface area (TPSA) is 78.9 Å². The number of esters is 3. The standard InChI is InChI=1S/C61H116O6/c1-4-7-10-13-16-19-22-25-27-28-29-30-31-32-34-37-40-43-46-49-52-55-61(64)67-58(56-65-59(62)53-50-47-44-41-38-35-24-21-18-15-12-9-6-3)57-66-60(63)54-51-48-45-42-39-36-33-26-23-20-17-14-11-8-5-2/h20,23,58H,4-19,21-22,24-57H2,1-3H3/b23-20-/t58-/m0/s1. The second-order valence-electron chi connectivity index (χ2n) is 20.6. The Morgan fingerprint density at radius 2 is 0.493 bits per heavy atom. The first kappa shape index (κ1) is 65.1. The highest BCUT2D eigenvalue weighted by atomic mass is 16.6. The lowest BCUT2D eigenvalue weighted by atomic mass is 10.0. The number of ether oxygens (including phenoxy) is 3. The minimum Gasteiger partial charge on any atom is -0.462 e. The Morgan fingerprint density at radius 3 is 0.761 bits per heavy atom. The normalized spacial score (nSPS) is 12.0. The van der Waals surface area contributed by atoms with E-state index in [1.54, 1.807) is 0 Å². The van der Waals surface area contributed by atoms with E-state index in [1.807, 2.05) is 0 Å². The number of carbonyl (C=O) groups is 3. The summed E-state index contributed by atoms with van der Waals surface area (Å²) in [4.78, 5) is 38.2. The molecular formula is C61H116O6. The fraction of sp³-hybridized carbons (Fsp3) is 0.918. The number of carbonyl (C=O) groups excluding carboxylic acids is 3. The van der Waals surface area contributed by atoms with Crippen LogP contribution in [-0.4, -0.2) is 37.2 Å². The molecule has 0 aliphatic carbocycles. The van der Waals surface area contributed by atoms with E-state index >= 15 is 0 Å². The van der Waals surface area contributed by atoms with Gasteiger partial charge >= 0.3 is 17.9 Å². The molecule has 0 aromatic carbocycles. The van der Waals surface area contributed by atoms with Crippen LogP contribution in [0.5, 0.6) is 0 Å². The molecule has 0 aromatic heterocycles. The lowest BCUT2D eigenvalue weighted by molar-refractivity contribution is -0.167. The number of unbranched alkanes of at least 4 members (excludes halogenated alkanes) is 43. The van der Waals surface area contributed by atoms with E-state index in [1.165, 1.54) is 244 Å². The maximum absolute atomic E-state index is 12.9. The first-order chi connectivity index (χ1) is 33.0. The zero-order valence-corrected chi connectivity index (χ0v) is 45.5. The molecule has 0 heterocycles. The molecule has 0 saturated carbocycles. The Labute approximate surface area is 418 Å². The van der Waals surface area contributed by atoms with Gasteiger partial charge in [-0.05, 0) is 44.9 Å². The molecule has 0 radical (unpaired) electrons. The molecule has 0 spiro atoms. The van der Waals surface area contributed by atoms with E-state index < -0.39 is 6.10 Å². The number of hydrogen-bond acceptors (Lipinski definition) is 6. The van der Waals surface area contributed by atoms with Crippen LogP contribution in [0.1, 0.15) is 342 Å². The summed E-state index contributed by atoms with van der Waals surface area (Å²) in [5.74, 6) is -0.843. The van der Waals surface area contributed by atoms with Gasteiger partial charge < -0.3 is 14.2 Å². The Balaban J connectivity index is 4.27. The molecule has 0 aromatic rings. The first-order valence-electron chi connectivity index (χ1n) is 30.2. The molecule has 0 fully saturated rings. The van der Waals surface area contributed by atoms with Crippen molar-refractivity contribution in [3.05, 3.63) is 12.2 Å². The molecule has 6 heteroatoms. The van der Waals surface area contributed by atoms with E-state index in [9.17, 15) is 14.4 Å². The van der Waals surface area contributed by atoms with E-state index in [0.29, 0.717) is 19.3 Å². The summed E-state index contributed by atoms with van der Waals surface area (Å²) in [5.41, 5.74) is 0. The van der Waals surface area contributed by atoms with Crippen molar-refractivity contribution in [2.75, 3.05) is 13.2 Å². The van der Waals surface area contributed by atoms with Gasteiger partial charge in [-0.1, -0.05) is 290 Å². The van der Waals surface area contributed by atoms with Gasteiger partial charge in [0.15, 0.2) is 6.10 Å². The van der Waals surface area contributed by atoms with Crippen molar-refractivity contribution in [2.45, 2.75) is 348 Å². The quantitative estimate of drug-likeness (QED) is 0.0262. The van der Waals surface area contributed by atoms with Crippen molar-refractivity contribution in [3.63, 3.8) is 0 Å². The third-order valence-electron chi connectivity index (χ3n) is 13.8. The summed E-state index contributed by atoms with van der Waals surface area (Å²) in [6.45, 7) is 6.69. The van der Waals surface area contributed by atoms with Gasteiger partial charge in [-0.2, -0.15) is 0 Å². The van der Waals surface area contributed by atoms with E-state index in [-0.39, 0.29) is 31.1 Å². The highest BCUT2D eigenvalue weighted by molar-refractivity contribution is 5.71. The molecule has 396 valence electrons. The van der Waals surface area contributed by atoms with Crippen molar-refractivity contribution in [2.24, 2.45) is 0 Å². The molecule has 6 nitrogen and oxygen atoms in total. The van der Waals surface area contributed by atoms with Crippen LogP contribution < -0.4 is 0 Å². The van der Waals surface area contributed by atoms with Gasteiger partial charge in [-0.3, -0.25) is 14.4 Å². The summed E-state index contributed by atoms with van der Waals surface area (Å²) in [6.07, 6.45) is 64.9. The number of hydrogen-bond donors (Lipinski definition) is 0. The average molecular weight is 946 g/mol. The second-order valence-corrected chi connectivity index (χ2v) is 20.6. The van der Waals surface area contributed by atoms with Gasteiger partial charge in [-0.15, -0.1) is 0 Å². The molecular weight excluding hydrogens is 829 g/mol. The Kier molecular flexibility index (Phi) is 55.2. The molecule has 1 atom stereocenters. The number of rotatable bonds is 56. The van der Waals surface area contributed by atoms with Crippen LogP contribution >= 0.6 is 0 Å². The predicted octanol–water partition coefficient (Wildman–Crippen LogP) is 20.1. The summed E-state index contributed by atoms with van der Waals surface area (Å²) < 4.78 is 16.9. The molecule has 67 heavy (non-hydrogen) atoms. The van der Waals surface area contributed by atoms with Crippen LogP contribution in [0.4, 0.5) is 0 Å². The lowest BCUT2D eigenvalue weighted by Gasteiger charge is -2.18. The van der Waals surface area contributed by atoms with Crippen molar-refractivity contribution in [1.82, 2.24) is 0 Å². The summed E-state index contributed by atoms with van der Waals surface area (Å²) >= 11 is 0.